The van der Waals surface area contributed by atoms with Gasteiger partial charge in [0.25, 0.3) is 0 Å². The van der Waals surface area contributed by atoms with Crippen molar-refractivity contribution in [3.63, 3.8) is 0 Å². The van der Waals surface area contributed by atoms with Crippen LogP contribution in [0.1, 0.15) is 43.2 Å². The molecule has 1 saturated carbocycles. The van der Waals surface area contributed by atoms with Gasteiger partial charge in [-0.25, -0.2) is 9.59 Å². The lowest BCUT2D eigenvalue weighted by molar-refractivity contribution is -0.132. The number of carboxylic acid groups (broad SMARTS) is 2. The summed E-state index contributed by atoms with van der Waals surface area (Å²) in [6.45, 7) is 5.92. The van der Waals surface area contributed by atoms with Crippen molar-refractivity contribution in [2.75, 3.05) is 0 Å². The van der Waals surface area contributed by atoms with E-state index < -0.39 is 11.9 Å². The Kier molecular flexibility index (Phi) is 9.89. The second-order valence-corrected chi connectivity index (χ2v) is 6.82. The van der Waals surface area contributed by atoms with Crippen LogP contribution in [0, 0.1) is 0 Å². The second-order valence-electron chi connectivity index (χ2n) is 6.82. The predicted octanol–water partition coefficient (Wildman–Crippen LogP) is 4.86. The minimum absolute atomic E-state index is 0.0274. The summed E-state index contributed by atoms with van der Waals surface area (Å²) >= 11 is 0. The molecule has 0 amide bonds. The van der Waals surface area contributed by atoms with Gasteiger partial charge in [-0.15, -0.1) is 0 Å². The van der Waals surface area contributed by atoms with Gasteiger partial charge in [0.05, 0.1) is 0 Å². The average Bonchev–Trinajstić information content (AvgIpc) is 2.76. The number of benzene rings is 2. The van der Waals surface area contributed by atoms with Crippen molar-refractivity contribution in [2.24, 2.45) is 0 Å². The first-order valence-electron chi connectivity index (χ1n) is 9.55. The van der Waals surface area contributed by atoms with Crippen LogP contribution in [0.2, 0.25) is 0 Å². The molecule has 0 aromatic heterocycles. The van der Waals surface area contributed by atoms with E-state index >= 15 is 0 Å². The lowest BCUT2D eigenvalue weighted by Crippen LogP contribution is -2.30. The number of hydrogen-bond donors (Lipinski definition) is 4. The number of hydrogen-bond acceptors (Lipinski definition) is 4. The quantitative estimate of drug-likeness (QED) is 0.533. The van der Waals surface area contributed by atoms with E-state index in [4.69, 9.17) is 10.2 Å². The second kappa shape index (κ2) is 12.1. The SMILES string of the molecule is C=CC(=O)O.C=CC(=O)O.Oc1ccc(C2(c3ccc(O)cc3)CCCCC2)cc1. The van der Waals surface area contributed by atoms with Gasteiger partial charge in [0, 0.05) is 17.6 Å². The summed E-state index contributed by atoms with van der Waals surface area (Å²) in [4.78, 5) is 18.5. The van der Waals surface area contributed by atoms with Gasteiger partial charge in [-0.2, -0.15) is 0 Å². The molecule has 6 heteroatoms. The van der Waals surface area contributed by atoms with Crippen LogP contribution < -0.4 is 0 Å². The first-order valence-corrected chi connectivity index (χ1v) is 9.55. The Balaban J connectivity index is 0.000000378. The Morgan fingerprint density at radius 2 is 1.00 bits per heavy atom. The molecular formula is C24H28O6. The molecule has 1 aliphatic carbocycles. The first kappa shape index (κ1) is 24.5. The highest BCUT2D eigenvalue weighted by molar-refractivity contribution is 5.79. The van der Waals surface area contributed by atoms with Crippen molar-refractivity contribution in [3.05, 3.63) is 85.0 Å². The van der Waals surface area contributed by atoms with Crippen LogP contribution in [0.25, 0.3) is 0 Å². The molecule has 0 unspecified atom stereocenters. The molecular weight excluding hydrogens is 384 g/mol. The fourth-order valence-electron chi connectivity index (χ4n) is 3.46. The van der Waals surface area contributed by atoms with Crippen molar-refractivity contribution in [1.82, 2.24) is 0 Å². The number of phenolic OH excluding ortho intramolecular Hbond substituents is 2. The van der Waals surface area contributed by atoms with Crippen molar-refractivity contribution >= 4 is 11.9 Å². The number of aromatic hydroxyl groups is 2. The Morgan fingerprint density at radius 3 is 1.27 bits per heavy atom. The fourth-order valence-corrected chi connectivity index (χ4v) is 3.46. The van der Waals surface area contributed by atoms with Gasteiger partial charge in [-0.3, -0.25) is 0 Å². The Bertz CT molecular complexity index is 766. The van der Waals surface area contributed by atoms with Crippen LogP contribution in [0.5, 0.6) is 11.5 Å². The highest BCUT2D eigenvalue weighted by Gasteiger charge is 2.35. The molecule has 0 heterocycles. The zero-order chi connectivity index (χ0) is 22.6. The van der Waals surface area contributed by atoms with Gasteiger partial charge < -0.3 is 20.4 Å². The lowest BCUT2D eigenvalue weighted by atomic mass is 9.65. The Morgan fingerprint density at radius 1 is 0.700 bits per heavy atom. The van der Waals surface area contributed by atoms with E-state index in [0.29, 0.717) is 11.5 Å². The van der Waals surface area contributed by atoms with Gasteiger partial charge in [-0.1, -0.05) is 56.7 Å². The Labute approximate surface area is 176 Å². The average molecular weight is 412 g/mol. The number of phenols is 2. The maximum atomic E-state index is 9.51. The smallest absolute Gasteiger partial charge is 0.327 e. The molecule has 0 saturated heterocycles. The third-order valence-corrected chi connectivity index (χ3v) is 4.90. The number of rotatable bonds is 4. The van der Waals surface area contributed by atoms with E-state index in [-0.39, 0.29) is 5.41 Å². The van der Waals surface area contributed by atoms with Crippen LogP contribution in [-0.2, 0) is 15.0 Å². The largest absolute Gasteiger partial charge is 0.508 e. The summed E-state index contributed by atoms with van der Waals surface area (Å²) in [7, 11) is 0. The van der Waals surface area contributed by atoms with Crippen molar-refractivity contribution < 1.29 is 30.0 Å². The van der Waals surface area contributed by atoms with Crippen molar-refractivity contribution in [1.29, 1.82) is 0 Å². The topological polar surface area (TPSA) is 115 Å². The highest BCUT2D eigenvalue weighted by atomic mass is 16.4. The Hall–Kier alpha value is -3.54. The van der Waals surface area contributed by atoms with E-state index in [0.717, 1.165) is 25.0 Å². The summed E-state index contributed by atoms with van der Waals surface area (Å²) in [5.41, 5.74) is 2.56. The molecule has 0 aliphatic heterocycles. The number of aliphatic carboxylic acids is 2. The molecule has 30 heavy (non-hydrogen) atoms. The molecule has 0 bridgehead atoms. The summed E-state index contributed by atoms with van der Waals surface area (Å²) in [5.74, 6) is -1.34. The van der Waals surface area contributed by atoms with E-state index in [1.807, 2.05) is 24.3 Å². The van der Waals surface area contributed by atoms with Gasteiger partial charge >= 0.3 is 11.9 Å². The molecule has 160 valence electrons. The normalized spacial score (nSPS) is 14.0. The van der Waals surface area contributed by atoms with E-state index in [9.17, 15) is 19.8 Å². The molecule has 3 rings (SSSR count). The molecule has 0 spiro atoms. The van der Waals surface area contributed by atoms with E-state index in [1.165, 1.54) is 30.4 Å². The third kappa shape index (κ3) is 7.47. The highest BCUT2D eigenvalue weighted by Crippen LogP contribution is 2.45. The third-order valence-electron chi connectivity index (χ3n) is 4.90. The zero-order valence-electron chi connectivity index (χ0n) is 16.8. The first-order chi connectivity index (χ1) is 14.2. The molecule has 1 fully saturated rings. The van der Waals surface area contributed by atoms with Gasteiger partial charge in [0.2, 0.25) is 0 Å². The summed E-state index contributed by atoms with van der Waals surface area (Å²) in [6, 6.07) is 15.2. The van der Waals surface area contributed by atoms with Crippen LogP contribution >= 0.6 is 0 Å². The summed E-state index contributed by atoms with van der Waals surface area (Å²) in [5, 5.41) is 34.2. The molecule has 4 N–H and O–H groups in total. The van der Waals surface area contributed by atoms with Crippen LogP contribution in [0.4, 0.5) is 0 Å². The zero-order valence-corrected chi connectivity index (χ0v) is 16.8. The predicted molar refractivity (Wildman–Crippen MR) is 116 cm³/mol. The molecule has 2 aromatic rings. The number of carbonyl (C=O) groups is 2. The van der Waals surface area contributed by atoms with E-state index in [1.54, 1.807) is 24.3 Å². The standard InChI is InChI=1S/C18H20O2.2C3H4O2/c19-16-8-4-14(5-9-16)18(12-2-1-3-13-18)15-6-10-17(20)11-7-15;2*1-2-3(4)5/h4-11,19-20H,1-3,12-13H2;2*2H,1H2,(H,4,5). The van der Waals surface area contributed by atoms with Crippen molar-refractivity contribution in [3.8, 4) is 11.5 Å². The van der Waals surface area contributed by atoms with Gasteiger partial charge in [0.1, 0.15) is 11.5 Å². The maximum Gasteiger partial charge on any atom is 0.327 e. The summed E-state index contributed by atoms with van der Waals surface area (Å²) < 4.78 is 0. The van der Waals surface area contributed by atoms with E-state index in [2.05, 4.69) is 13.2 Å². The van der Waals surface area contributed by atoms with Crippen LogP contribution in [0.15, 0.2) is 73.8 Å². The lowest BCUT2D eigenvalue weighted by Gasteiger charge is -2.38. The minimum atomic E-state index is -0.981. The molecule has 0 atom stereocenters. The van der Waals surface area contributed by atoms with Gasteiger partial charge in [0.15, 0.2) is 0 Å². The minimum Gasteiger partial charge on any atom is -0.508 e. The monoisotopic (exact) mass is 412 g/mol. The molecule has 6 nitrogen and oxygen atoms in total. The maximum absolute atomic E-state index is 9.51. The molecule has 2 aromatic carbocycles. The summed E-state index contributed by atoms with van der Waals surface area (Å²) in [6.07, 6.45) is 7.66. The van der Waals surface area contributed by atoms with Crippen molar-refractivity contribution in [2.45, 2.75) is 37.5 Å². The number of carboxylic acids is 2. The molecule has 1 aliphatic rings. The van der Waals surface area contributed by atoms with Crippen LogP contribution in [-0.4, -0.2) is 32.4 Å². The van der Waals surface area contributed by atoms with Gasteiger partial charge in [-0.05, 0) is 48.2 Å². The molecule has 0 radical (unpaired) electrons. The fraction of sp³-hybridized carbons (Fsp3) is 0.250. The van der Waals surface area contributed by atoms with Crippen LogP contribution in [0.3, 0.4) is 0 Å².